The molecule has 3 rings (SSSR count). The van der Waals surface area contributed by atoms with Gasteiger partial charge in [-0.2, -0.15) is 13.2 Å². The number of nitrogens with one attached hydrogen (secondary N) is 1. The lowest BCUT2D eigenvalue weighted by Crippen LogP contribution is -2.24. The van der Waals surface area contributed by atoms with Crippen LogP contribution in [0.3, 0.4) is 0 Å². The minimum absolute atomic E-state index is 0.176. The van der Waals surface area contributed by atoms with Crippen molar-refractivity contribution in [2.24, 2.45) is 5.92 Å². The van der Waals surface area contributed by atoms with Gasteiger partial charge in [0, 0.05) is 19.3 Å². The molecule has 1 aliphatic heterocycles. The first-order valence-corrected chi connectivity index (χ1v) is 9.90. The predicted molar refractivity (Wildman–Crippen MR) is 105 cm³/mol. The molecule has 1 aromatic heterocycles. The highest BCUT2D eigenvalue weighted by molar-refractivity contribution is 7.71. The first-order chi connectivity index (χ1) is 13.3. The van der Waals surface area contributed by atoms with E-state index in [1.54, 1.807) is 29.0 Å². The van der Waals surface area contributed by atoms with Crippen LogP contribution in [0.15, 0.2) is 41.3 Å². The maximum absolute atomic E-state index is 12.6. The highest BCUT2D eigenvalue weighted by atomic mass is 32.1. The fourth-order valence-electron chi connectivity index (χ4n) is 3.68. The molecule has 1 aromatic carbocycles. The van der Waals surface area contributed by atoms with Crippen molar-refractivity contribution in [1.82, 2.24) is 14.5 Å². The summed E-state index contributed by atoms with van der Waals surface area (Å²) in [5, 5.41) is 0. The van der Waals surface area contributed by atoms with Crippen molar-refractivity contribution < 1.29 is 13.2 Å². The molecule has 0 aliphatic carbocycles. The zero-order valence-electron chi connectivity index (χ0n) is 15.5. The highest BCUT2D eigenvalue weighted by Gasteiger charge is 2.30. The Bertz CT molecular complexity index is 889. The molecular formula is C20H24F3N3OS. The van der Waals surface area contributed by atoms with Gasteiger partial charge in [0.1, 0.15) is 4.64 Å². The van der Waals surface area contributed by atoms with Crippen LogP contribution in [-0.4, -0.2) is 34.1 Å². The number of rotatable bonds is 7. The molecule has 0 amide bonds. The van der Waals surface area contributed by atoms with Crippen LogP contribution in [0.5, 0.6) is 0 Å². The summed E-state index contributed by atoms with van der Waals surface area (Å²) >= 11 is 4.92. The van der Waals surface area contributed by atoms with Crippen LogP contribution in [0.25, 0.3) is 0 Å². The summed E-state index contributed by atoms with van der Waals surface area (Å²) < 4.78 is 40.0. The molecule has 1 aliphatic rings. The summed E-state index contributed by atoms with van der Waals surface area (Å²) in [5.41, 5.74) is 0.189. The first-order valence-electron chi connectivity index (χ1n) is 9.49. The molecular weight excluding hydrogens is 387 g/mol. The van der Waals surface area contributed by atoms with Crippen LogP contribution in [0.1, 0.15) is 30.4 Å². The van der Waals surface area contributed by atoms with Crippen molar-refractivity contribution in [2.45, 2.75) is 38.4 Å². The number of hydrogen-bond acceptors (Lipinski definition) is 3. The smallest absolute Gasteiger partial charge is 0.303 e. The Labute approximate surface area is 167 Å². The standard InChI is InChI=1S/C20H24F3N3OS/c21-20(22,23)17-5-3-15(4-6-17)13-16-7-11-25(14-16)9-1-2-10-26-12-8-18(28)24-19(26)27/h3-6,8,12,16H,1-2,7,9-11,13-14H2,(H,24,27,28)/t16-/m1/s1. The Morgan fingerprint density at radius 2 is 1.82 bits per heavy atom. The van der Waals surface area contributed by atoms with Crippen molar-refractivity contribution in [1.29, 1.82) is 0 Å². The van der Waals surface area contributed by atoms with Gasteiger partial charge in [-0.05, 0) is 68.5 Å². The number of hydrogen-bond donors (Lipinski definition) is 1. The molecule has 2 heterocycles. The molecule has 0 radical (unpaired) electrons. The lowest BCUT2D eigenvalue weighted by atomic mass is 9.98. The second-order valence-electron chi connectivity index (χ2n) is 7.36. The van der Waals surface area contributed by atoms with Crippen LogP contribution in [0.4, 0.5) is 13.2 Å². The average Bonchev–Trinajstić information content (AvgIpc) is 3.07. The maximum atomic E-state index is 12.6. The van der Waals surface area contributed by atoms with Gasteiger partial charge in [0.15, 0.2) is 0 Å². The fourth-order valence-corrected chi connectivity index (χ4v) is 3.83. The normalized spacial score (nSPS) is 17.9. The number of H-pyrrole nitrogens is 1. The van der Waals surface area contributed by atoms with E-state index in [-0.39, 0.29) is 5.69 Å². The topological polar surface area (TPSA) is 41.0 Å². The third-order valence-electron chi connectivity index (χ3n) is 5.20. The lowest BCUT2D eigenvalue weighted by Gasteiger charge is -2.16. The van der Waals surface area contributed by atoms with E-state index in [0.29, 0.717) is 17.1 Å². The molecule has 152 valence electrons. The second kappa shape index (κ2) is 9.05. The number of aromatic amines is 1. The van der Waals surface area contributed by atoms with Gasteiger partial charge in [0.05, 0.1) is 5.56 Å². The number of nitrogens with zero attached hydrogens (tertiary/aromatic N) is 2. The third kappa shape index (κ3) is 5.78. The van der Waals surface area contributed by atoms with E-state index in [9.17, 15) is 18.0 Å². The van der Waals surface area contributed by atoms with Gasteiger partial charge in [-0.25, -0.2) is 4.79 Å². The number of aryl methyl sites for hydroxylation is 1. The first kappa shape index (κ1) is 20.8. The molecule has 1 atom stereocenters. The van der Waals surface area contributed by atoms with Crippen molar-refractivity contribution in [3.8, 4) is 0 Å². The minimum atomic E-state index is -4.28. The van der Waals surface area contributed by atoms with Gasteiger partial charge in [0.2, 0.25) is 0 Å². The number of benzene rings is 1. The molecule has 4 nitrogen and oxygen atoms in total. The van der Waals surface area contributed by atoms with Crippen molar-refractivity contribution in [2.75, 3.05) is 19.6 Å². The summed E-state index contributed by atoms with van der Waals surface area (Å²) in [5.74, 6) is 0.480. The number of alkyl halides is 3. The maximum Gasteiger partial charge on any atom is 0.416 e. The van der Waals surface area contributed by atoms with E-state index >= 15 is 0 Å². The van der Waals surface area contributed by atoms with Gasteiger partial charge in [-0.1, -0.05) is 24.4 Å². The Morgan fingerprint density at radius 1 is 1.11 bits per heavy atom. The zero-order valence-corrected chi connectivity index (χ0v) is 16.4. The molecule has 2 aromatic rings. The number of halogens is 3. The quantitative estimate of drug-likeness (QED) is 0.547. The number of aromatic nitrogens is 2. The molecule has 1 fully saturated rings. The van der Waals surface area contributed by atoms with E-state index in [1.165, 1.54) is 12.1 Å². The molecule has 28 heavy (non-hydrogen) atoms. The summed E-state index contributed by atoms with van der Waals surface area (Å²) in [6, 6.07) is 7.23. The fraction of sp³-hybridized carbons (Fsp3) is 0.500. The van der Waals surface area contributed by atoms with Gasteiger partial charge < -0.3 is 9.47 Å². The van der Waals surface area contributed by atoms with Crippen molar-refractivity contribution in [3.05, 3.63) is 62.8 Å². The Kier molecular flexibility index (Phi) is 6.72. The van der Waals surface area contributed by atoms with E-state index in [1.807, 2.05) is 0 Å². The van der Waals surface area contributed by atoms with Crippen molar-refractivity contribution >= 4 is 12.2 Å². The number of likely N-dealkylation sites (tertiary alicyclic amines) is 1. The number of unbranched alkanes of at least 4 members (excludes halogenated alkanes) is 1. The third-order valence-corrected chi connectivity index (χ3v) is 5.43. The molecule has 0 bridgehead atoms. The van der Waals surface area contributed by atoms with E-state index in [4.69, 9.17) is 12.2 Å². The molecule has 0 saturated carbocycles. The van der Waals surface area contributed by atoms with Crippen LogP contribution in [0.2, 0.25) is 0 Å². The van der Waals surface area contributed by atoms with Gasteiger partial charge in [-0.3, -0.25) is 4.98 Å². The minimum Gasteiger partial charge on any atom is -0.303 e. The van der Waals surface area contributed by atoms with Crippen LogP contribution < -0.4 is 5.69 Å². The van der Waals surface area contributed by atoms with E-state index < -0.39 is 11.7 Å². The van der Waals surface area contributed by atoms with Crippen LogP contribution in [0, 0.1) is 10.6 Å². The summed E-state index contributed by atoms with van der Waals surface area (Å²) in [7, 11) is 0. The molecule has 0 unspecified atom stereocenters. The highest BCUT2D eigenvalue weighted by Crippen LogP contribution is 2.30. The summed E-state index contributed by atoms with van der Waals surface area (Å²) in [6.07, 6.45) is 1.22. The summed E-state index contributed by atoms with van der Waals surface area (Å²) in [4.78, 5) is 16.8. The molecule has 1 saturated heterocycles. The largest absolute Gasteiger partial charge is 0.416 e. The predicted octanol–water partition coefficient (Wildman–Crippen LogP) is 4.27. The monoisotopic (exact) mass is 411 g/mol. The lowest BCUT2D eigenvalue weighted by molar-refractivity contribution is -0.137. The van der Waals surface area contributed by atoms with Gasteiger partial charge >= 0.3 is 11.9 Å². The zero-order chi connectivity index (χ0) is 20.1. The van der Waals surface area contributed by atoms with Crippen molar-refractivity contribution in [3.63, 3.8) is 0 Å². The Hall–Kier alpha value is -1.93. The Balaban J connectivity index is 1.39. The van der Waals surface area contributed by atoms with Crippen LogP contribution >= 0.6 is 12.2 Å². The SMILES string of the molecule is O=c1[nH]c(=S)ccn1CCCCN1CC[C@H](Cc2ccc(C(F)(F)F)cc2)C1. The molecule has 1 N–H and O–H groups in total. The van der Waals surface area contributed by atoms with Crippen LogP contribution in [-0.2, 0) is 19.1 Å². The Morgan fingerprint density at radius 3 is 2.50 bits per heavy atom. The second-order valence-corrected chi connectivity index (χ2v) is 7.80. The van der Waals surface area contributed by atoms with E-state index in [0.717, 1.165) is 50.9 Å². The summed E-state index contributed by atoms with van der Waals surface area (Å²) in [6.45, 7) is 3.62. The molecule has 0 spiro atoms. The van der Waals surface area contributed by atoms with Gasteiger partial charge in [0.25, 0.3) is 0 Å². The van der Waals surface area contributed by atoms with E-state index in [2.05, 4.69) is 9.88 Å². The van der Waals surface area contributed by atoms with Gasteiger partial charge in [-0.15, -0.1) is 0 Å². The average molecular weight is 411 g/mol. The molecule has 8 heteroatoms.